The van der Waals surface area contributed by atoms with Gasteiger partial charge in [0.25, 0.3) is 0 Å². The van der Waals surface area contributed by atoms with Crippen molar-refractivity contribution in [3.8, 4) is 0 Å². The van der Waals surface area contributed by atoms with Gasteiger partial charge in [0.05, 0.1) is 4.90 Å². The summed E-state index contributed by atoms with van der Waals surface area (Å²) < 4.78 is 28.3. The second-order valence-electron chi connectivity index (χ2n) is 7.51. The summed E-state index contributed by atoms with van der Waals surface area (Å²) in [5, 5.41) is 3.53. The summed E-state index contributed by atoms with van der Waals surface area (Å²) in [4.78, 5) is 13.1. The molecule has 0 heterocycles. The van der Waals surface area contributed by atoms with Crippen molar-refractivity contribution in [3.05, 3.63) is 65.2 Å². The van der Waals surface area contributed by atoms with E-state index in [4.69, 9.17) is 11.6 Å². The van der Waals surface area contributed by atoms with Gasteiger partial charge in [0.15, 0.2) is 0 Å². The molecule has 1 aliphatic rings. The molecule has 3 rings (SSSR count). The van der Waals surface area contributed by atoms with Crippen LogP contribution in [0.5, 0.6) is 0 Å². The molecule has 7 heteroatoms. The number of amides is 1. The lowest BCUT2D eigenvalue weighted by molar-refractivity contribution is -0.123. The summed E-state index contributed by atoms with van der Waals surface area (Å²) in [5.74, 6) is -0.279. The molecule has 1 atom stereocenters. The largest absolute Gasteiger partial charge is 0.352 e. The zero-order valence-electron chi connectivity index (χ0n) is 16.3. The Morgan fingerprint density at radius 2 is 1.59 bits per heavy atom. The van der Waals surface area contributed by atoms with Gasteiger partial charge in [0.2, 0.25) is 15.9 Å². The van der Waals surface area contributed by atoms with Gasteiger partial charge in [0.1, 0.15) is 6.04 Å². The number of hydrogen-bond acceptors (Lipinski definition) is 3. The van der Waals surface area contributed by atoms with Gasteiger partial charge in [-0.25, -0.2) is 8.42 Å². The summed E-state index contributed by atoms with van der Waals surface area (Å²) in [5.41, 5.74) is 0.896. The van der Waals surface area contributed by atoms with Gasteiger partial charge in [-0.3, -0.25) is 4.79 Å². The molecule has 2 N–H and O–H groups in total. The highest BCUT2D eigenvalue weighted by Gasteiger charge is 2.27. The van der Waals surface area contributed by atoms with E-state index in [2.05, 4.69) is 10.0 Å². The van der Waals surface area contributed by atoms with Crippen LogP contribution in [0.2, 0.25) is 5.02 Å². The van der Waals surface area contributed by atoms with Crippen LogP contribution in [0, 0.1) is 0 Å². The van der Waals surface area contributed by atoms with Gasteiger partial charge in [-0.2, -0.15) is 4.72 Å². The summed E-state index contributed by atoms with van der Waals surface area (Å²) in [7, 11) is -3.86. The first-order valence-corrected chi connectivity index (χ1v) is 11.9. The Labute approximate surface area is 177 Å². The molecule has 1 amide bonds. The van der Waals surface area contributed by atoms with Crippen LogP contribution >= 0.6 is 11.6 Å². The molecular weight excluding hydrogens is 408 g/mol. The standard InChI is InChI=1S/C22H27ClN2O3S/c23-18-12-14-20(15-13-18)29(27,28)25-21(16-17-8-4-3-5-9-17)22(26)24-19-10-6-1-2-7-11-19/h3-5,8-9,12-15,19,21,25H,1-2,6-7,10-11,16H2,(H,24,26)/t21-/m1/s1. The first-order chi connectivity index (χ1) is 13.9. The van der Waals surface area contributed by atoms with Crippen molar-refractivity contribution < 1.29 is 13.2 Å². The Bertz CT molecular complexity index is 893. The average Bonchev–Trinajstić information content (AvgIpc) is 2.97. The summed E-state index contributed by atoms with van der Waals surface area (Å²) in [6, 6.07) is 14.6. The minimum atomic E-state index is -3.86. The normalized spacial score (nSPS) is 16.7. The van der Waals surface area contributed by atoms with Gasteiger partial charge in [-0.05, 0) is 49.1 Å². The highest BCUT2D eigenvalue weighted by atomic mass is 35.5. The van der Waals surface area contributed by atoms with Crippen LogP contribution < -0.4 is 10.0 Å². The first-order valence-electron chi connectivity index (χ1n) is 10.1. The van der Waals surface area contributed by atoms with Crippen molar-refractivity contribution in [1.29, 1.82) is 0 Å². The summed E-state index contributed by atoms with van der Waals surface area (Å²) in [6.45, 7) is 0. The van der Waals surface area contributed by atoms with Crippen molar-refractivity contribution in [2.75, 3.05) is 0 Å². The van der Waals surface area contributed by atoms with Crippen LogP contribution in [0.25, 0.3) is 0 Å². The fourth-order valence-corrected chi connectivity index (χ4v) is 4.95. The number of nitrogens with one attached hydrogen (secondary N) is 2. The third-order valence-electron chi connectivity index (χ3n) is 5.22. The number of hydrogen-bond donors (Lipinski definition) is 2. The molecule has 0 aliphatic heterocycles. The van der Waals surface area contributed by atoms with E-state index in [9.17, 15) is 13.2 Å². The molecule has 0 saturated heterocycles. The molecule has 0 radical (unpaired) electrons. The second-order valence-corrected chi connectivity index (χ2v) is 9.67. The molecule has 1 saturated carbocycles. The van der Waals surface area contributed by atoms with Crippen LogP contribution in [0.15, 0.2) is 59.5 Å². The van der Waals surface area contributed by atoms with Crippen molar-refractivity contribution in [3.63, 3.8) is 0 Å². The summed E-state index contributed by atoms with van der Waals surface area (Å²) in [6.07, 6.45) is 6.70. The Morgan fingerprint density at radius 1 is 0.966 bits per heavy atom. The summed E-state index contributed by atoms with van der Waals surface area (Å²) >= 11 is 5.87. The number of carbonyl (C=O) groups is 1. The van der Waals surface area contributed by atoms with E-state index in [0.717, 1.165) is 31.2 Å². The Kier molecular flexibility index (Phi) is 7.70. The van der Waals surface area contributed by atoms with Crippen LogP contribution in [-0.2, 0) is 21.2 Å². The van der Waals surface area contributed by atoms with Crippen molar-refractivity contribution in [2.45, 2.75) is 61.9 Å². The smallest absolute Gasteiger partial charge is 0.241 e. The fraction of sp³-hybridized carbons (Fsp3) is 0.409. The van der Waals surface area contributed by atoms with Crippen LogP contribution in [0.3, 0.4) is 0 Å². The average molecular weight is 435 g/mol. The lowest BCUT2D eigenvalue weighted by Gasteiger charge is -2.23. The van der Waals surface area contributed by atoms with E-state index in [-0.39, 0.29) is 23.3 Å². The molecule has 2 aromatic carbocycles. The van der Waals surface area contributed by atoms with E-state index in [1.807, 2.05) is 30.3 Å². The maximum absolute atomic E-state index is 13.0. The van der Waals surface area contributed by atoms with E-state index < -0.39 is 16.1 Å². The Balaban J connectivity index is 1.78. The monoisotopic (exact) mass is 434 g/mol. The van der Waals surface area contributed by atoms with E-state index in [0.29, 0.717) is 5.02 Å². The first kappa shape index (κ1) is 21.8. The Morgan fingerprint density at radius 3 is 2.21 bits per heavy atom. The van der Waals surface area contributed by atoms with Crippen LogP contribution in [-0.4, -0.2) is 26.4 Å². The lowest BCUT2D eigenvalue weighted by Crippen LogP contribution is -2.50. The van der Waals surface area contributed by atoms with Crippen LogP contribution in [0.4, 0.5) is 0 Å². The molecule has 156 valence electrons. The van der Waals surface area contributed by atoms with Crippen molar-refractivity contribution in [1.82, 2.24) is 10.0 Å². The number of halogens is 1. The van der Waals surface area contributed by atoms with Crippen molar-refractivity contribution in [2.24, 2.45) is 0 Å². The van der Waals surface area contributed by atoms with Gasteiger partial charge in [-0.1, -0.05) is 67.6 Å². The van der Waals surface area contributed by atoms with Gasteiger partial charge in [-0.15, -0.1) is 0 Å². The molecule has 5 nitrogen and oxygen atoms in total. The maximum Gasteiger partial charge on any atom is 0.241 e. The molecule has 0 unspecified atom stereocenters. The minimum Gasteiger partial charge on any atom is -0.352 e. The predicted molar refractivity (Wildman–Crippen MR) is 115 cm³/mol. The number of rotatable bonds is 7. The molecule has 0 aromatic heterocycles. The highest BCUT2D eigenvalue weighted by molar-refractivity contribution is 7.89. The quantitative estimate of drug-likeness (QED) is 0.645. The highest BCUT2D eigenvalue weighted by Crippen LogP contribution is 2.18. The number of benzene rings is 2. The molecule has 29 heavy (non-hydrogen) atoms. The third kappa shape index (κ3) is 6.56. The SMILES string of the molecule is O=C(NC1CCCCCC1)[C@@H](Cc1ccccc1)NS(=O)(=O)c1ccc(Cl)cc1. The second kappa shape index (κ2) is 10.2. The predicted octanol–water partition coefficient (Wildman–Crippen LogP) is 4.07. The molecular formula is C22H27ClN2O3S. The topological polar surface area (TPSA) is 75.3 Å². The number of carbonyl (C=O) groups excluding carboxylic acids is 1. The molecule has 0 spiro atoms. The van der Waals surface area contributed by atoms with E-state index in [1.54, 1.807) is 0 Å². The van der Waals surface area contributed by atoms with Gasteiger partial charge in [0, 0.05) is 11.1 Å². The van der Waals surface area contributed by atoms with E-state index in [1.165, 1.54) is 37.1 Å². The van der Waals surface area contributed by atoms with E-state index >= 15 is 0 Å². The third-order valence-corrected chi connectivity index (χ3v) is 6.96. The maximum atomic E-state index is 13.0. The minimum absolute atomic E-state index is 0.0854. The molecule has 0 bridgehead atoms. The van der Waals surface area contributed by atoms with Crippen LogP contribution in [0.1, 0.15) is 44.1 Å². The number of sulfonamides is 1. The zero-order chi connectivity index (χ0) is 20.7. The molecule has 1 aliphatic carbocycles. The van der Waals surface area contributed by atoms with Crippen molar-refractivity contribution >= 4 is 27.5 Å². The lowest BCUT2D eigenvalue weighted by atomic mass is 10.0. The zero-order valence-corrected chi connectivity index (χ0v) is 17.9. The van der Waals surface area contributed by atoms with Gasteiger partial charge >= 0.3 is 0 Å². The molecule has 2 aromatic rings. The Hall–Kier alpha value is -1.89. The van der Waals surface area contributed by atoms with Gasteiger partial charge < -0.3 is 5.32 Å². The fourth-order valence-electron chi connectivity index (χ4n) is 3.63. The molecule has 1 fully saturated rings.